The Hall–Kier alpha value is -4.74. The molecule has 1 N–H and O–H groups in total. The summed E-state index contributed by atoms with van der Waals surface area (Å²) in [5, 5.41) is 11.4. The molecule has 11 nitrogen and oxygen atoms in total. The van der Waals surface area contributed by atoms with Gasteiger partial charge in [0.25, 0.3) is 17.9 Å². The first kappa shape index (κ1) is 30.3. The minimum atomic E-state index is -2.87. The van der Waals surface area contributed by atoms with E-state index in [-0.39, 0.29) is 39.5 Å². The van der Waals surface area contributed by atoms with Gasteiger partial charge in [-0.1, -0.05) is 17.3 Å². The molecule has 0 bridgehead atoms. The zero-order valence-electron chi connectivity index (χ0n) is 24.5. The molecule has 232 valence electrons. The van der Waals surface area contributed by atoms with Crippen LogP contribution in [0.2, 0.25) is 0 Å². The molecule has 0 spiro atoms. The van der Waals surface area contributed by atoms with Gasteiger partial charge in [-0.2, -0.15) is 0 Å². The number of piperidine rings is 1. The first-order valence-corrected chi connectivity index (χ1v) is 15.2. The monoisotopic (exact) mass is 633 g/mol. The summed E-state index contributed by atoms with van der Waals surface area (Å²) in [6.45, 7) is 1.82. The van der Waals surface area contributed by atoms with E-state index >= 15 is 0 Å². The number of carbonyl (C=O) groups is 1. The molecule has 6 rings (SSSR count). The Kier molecular flexibility index (Phi) is 8.81. The lowest BCUT2D eigenvalue weighted by Crippen LogP contribution is -2.35. The van der Waals surface area contributed by atoms with Gasteiger partial charge < -0.3 is 14.4 Å². The Labute approximate surface area is 261 Å². The average molecular weight is 634 g/mol. The van der Waals surface area contributed by atoms with E-state index in [4.69, 9.17) is 9.47 Å². The minimum Gasteiger partial charge on any atom is -0.494 e. The zero-order chi connectivity index (χ0) is 31.5. The number of ether oxygens (including phenoxy) is 2. The van der Waals surface area contributed by atoms with Gasteiger partial charge in [0.05, 0.1) is 18.9 Å². The molecule has 5 heterocycles. The number of nitrogens with zero attached hydrogens (tertiary/aromatic N) is 6. The number of aromatic nitrogens is 5. The molecule has 4 aromatic heterocycles. The lowest BCUT2D eigenvalue weighted by atomic mass is 10.00. The lowest BCUT2D eigenvalue weighted by Gasteiger charge is -2.29. The first-order chi connectivity index (χ1) is 21.8. The number of hydrogen-bond acceptors (Lipinski definition) is 10. The molecule has 1 saturated heterocycles. The van der Waals surface area contributed by atoms with Gasteiger partial charge in [-0.15, -0.1) is 10.2 Å². The van der Waals surface area contributed by atoms with Crippen molar-refractivity contribution in [2.45, 2.75) is 38.2 Å². The van der Waals surface area contributed by atoms with Crippen LogP contribution in [0, 0.1) is 17.8 Å². The summed E-state index contributed by atoms with van der Waals surface area (Å²) in [6.07, 6.45) is 4.94. The summed E-state index contributed by atoms with van der Waals surface area (Å²) in [5.74, 6) is 6.56. The van der Waals surface area contributed by atoms with Gasteiger partial charge in [0, 0.05) is 48.6 Å². The molecular weight excluding hydrogens is 604 g/mol. The predicted octanol–water partition coefficient (Wildman–Crippen LogP) is 4.58. The van der Waals surface area contributed by atoms with Crippen molar-refractivity contribution in [2.24, 2.45) is 5.92 Å². The second-order valence-corrected chi connectivity index (χ2v) is 11.8. The molecule has 1 saturated carbocycles. The van der Waals surface area contributed by atoms with Crippen molar-refractivity contribution >= 4 is 22.4 Å². The Morgan fingerprint density at radius 3 is 2.60 bits per heavy atom. The third-order valence-corrected chi connectivity index (χ3v) is 8.22. The number of alkyl halides is 2. The van der Waals surface area contributed by atoms with E-state index in [0.717, 1.165) is 62.4 Å². The molecule has 1 aliphatic heterocycles. The highest BCUT2D eigenvalue weighted by atomic mass is 32.1. The van der Waals surface area contributed by atoms with E-state index in [9.17, 15) is 18.4 Å². The molecule has 4 aromatic rings. The van der Waals surface area contributed by atoms with Crippen LogP contribution in [-0.2, 0) is 0 Å². The van der Waals surface area contributed by atoms with Crippen molar-refractivity contribution in [3.63, 3.8) is 0 Å². The van der Waals surface area contributed by atoms with E-state index in [1.165, 1.54) is 36.2 Å². The third kappa shape index (κ3) is 7.16. The molecular formula is C31H29F2N7O4S. The highest BCUT2D eigenvalue weighted by Gasteiger charge is 2.23. The highest BCUT2D eigenvalue weighted by Crippen LogP contribution is 2.36. The molecule has 2 aliphatic rings. The molecule has 2 fully saturated rings. The van der Waals surface area contributed by atoms with Crippen LogP contribution in [-0.4, -0.2) is 68.9 Å². The van der Waals surface area contributed by atoms with E-state index in [1.54, 1.807) is 6.07 Å². The van der Waals surface area contributed by atoms with E-state index in [0.29, 0.717) is 16.7 Å². The summed E-state index contributed by atoms with van der Waals surface area (Å²) in [6, 6.07) is 5.66. The predicted molar refractivity (Wildman–Crippen MR) is 163 cm³/mol. The van der Waals surface area contributed by atoms with E-state index in [2.05, 4.69) is 49.3 Å². The van der Waals surface area contributed by atoms with Crippen molar-refractivity contribution in [3.05, 3.63) is 69.5 Å². The standard InChI is InChI=1S/C31H29F2N7O4S/c1-39-10-7-19(8-11-39)44-20-9-12-40(28(41)13-20)26-15-21(22-14-24(29(32)33)34-17-25(22)43-2)23(16-35-26)30(42)36-31-38-37-27(45-31)6-5-18-3-4-18/h9,12-19,29H,3-4,7-8,10-11H2,1-2H3,(H,36,38,42). The largest absolute Gasteiger partial charge is 0.494 e. The maximum absolute atomic E-state index is 13.7. The summed E-state index contributed by atoms with van der Waals surface area (Å²) in [5.41, 5.74) is -0.541. The number of pyridine rings is 3. The number of amides is 1. The van der Waals surface area contributed by atoms with Gasteiger partial charge >= 0.3 is 0 Å². The van der Waals surface area contributed by atoms with Crippen LogP contribution >= 0.6 is 11.3 Å². The fourth-order valence-electron chi connectivity index (χ4n) is 4.83. The van der Waals surface area contributed by atoms with Gasteiger partial charge in [-0.05, 0) is 56.9 Å². The molecule has 0 unspecified atom stereocenters. The second-order valence-electron chi connectivity index (χ2n) is 10.8. The molecule has 0 radical (unpaired) electrons. The maximum Gasteiger partial charge on any atom is 0.280 e. The molecule has 0 aromatic carbocycles. The Morgan fingerprint density at radius 1 is 1.09 bits per heavy atom. The Bertz CT molecular complexity index is 1840. The summed E-state index contributed by atoms with van der Waals surface area (Å²) in [4.78, 5) is 37.1. The number of rotatable bonds is 8. The van der Waals surface area contributed by atoms with Gasteiger partial charge in [-0.25, -0.2) is 13.8 Å². The highest BCUT2D eigenvalue weighted by molar-refractivity contribution is 7.15. The average Bonchev–Trinajstić information content (AvgIpc) is 3.77. The van der Waals surface area contributed by atoms with Crippen LogP contribution in [0.3, 0.4) is 0 Å². The number of nitrogens with one attached hydrogen (secondary N) is 1. The Morgan fingerprint density at radius 2 is 1.89 bits per heavy atom. The Balaban J connectivity index is 1.34. The smallest absolute Gasteiger partial charge is 0.280 e. The number of likely N-dealkylation sites (tertiary alicyclic amines) is 1. The molecule has 1 amide bonds. The number of halogens is 2. The van der Waals surface area contributed by atoms with Crippen LogP contribution in [0.25, 0.3) is 16.9 Å². The van der Waals surface area contributed by atoms with Crippen molar-refractivity contribution in [1.82, 2.24) is 29.6 Å². The van der Waals surface area contributed by atoms with Gasteiger partial charge in [0.1, 0.15) is 29.1 Å². The number of methoxy groups -OCH3 is 1. The van der Waals surface area contributed by atoms with Crippen LogP contribution in [0.1, 0.15) is 53.2 Å². The number of carbonyl (C=O) groups excluding carboxylic acids is 1. The summed E-state index contributed by atoms with van der Waals surface area (Å²) >= 11 is 1.12. The molecule has 1 aliphatic carbocycles. The fourth-order valence-corrected chi connectivity index (χ4v) is 5.43. The second kappa shape index (κ2) is 13.1. The zero-order valence-corrected chi connectivity index (χ0v) is 25.3. The van der Waals surface area contributed by atoms with E-state index < -0.39 is 23.6 Å². The SMILES string of the molecule is COc1cnc(C(F)F)cc1-c1cc(-n2ccc(OC3CCN(C)CC3)cc2=O)ncc1C(=O)Nc1nnc(C#CC2CC2)s1. The number of anilines is 1. The summed E-state index contributed by atoms with van der Waals surface area (Å²) < 4.78 is 40.2. The summed E-state index contributed by atoms with van der Waals surface area (Å²) in [7, 11) is 3.42. The molecule has 0 atom stereocenters. The van der Waals surface area contributed by atoms with Crippen molar-refractivity contribution in [2.75, 3.05) is 32.6 Å². The first-order valence-electron chi connectivity index (χ1n) is 14.3. The minimum absolute atomic E-state index is 0.0107. The van der Waals surface area contributed by atoms with Crippen LogP contribution in [0.15, 0.2) is 47.7 Å². The number of hydrogen-bond donors (Lipinski definition) is 1. The van der Waals surface area contributed by atoms with Crippen molar-refractivity contribution < 1.29 is 23.0 Å². The van der Waals surface area contributed by atoms with Gasteiger partial charge in [-0.3, -0.25) is 24.5 Å². The normalized spacial score (nSPS) is 15.4. The van der Waals surface area contributed by atoms with E-state index in [1.807, 2.05) is 0 Å². The fraction of sp³-hybridized carbons (Fsp3) is 0.355. The van der Waals surface area contributed by atoms with Crippen molar-refractivity contribution in [1.29, 1.82) is 0 Å². The quantitative estimate of drug-likeness (QED) is 0.278. The van der Waals surface area contributed by atoms with Crippen LogP contribution in [0.4, 0.5) is 13.9 Å². The molecule has 14 heteroatoms. The van der Waals surface area contributed by atoms with Gasteiger partial charge in [0.15, 0.2) is 5.01 Å². The topological polar surface area (TPSA) is 124 Å². The van der Waals surface area contributed by atoms with Crippen LogP contribution in [0.5, 0.6) is 11.5 Å². The van der Waals surface area contributed by atoms with Crippen LogP contribution < -0.4 is 20.3 Å². The molecule has 45 heavy (non-hydrogen) atoms. The van der Waals surface area contributed by atoms with Crippen molar-refractivity contribution in [3.8, 4) is 40.3 Å². The van der Waals surface area contributed by atoms with Gasteiger partial charge in [0.2, 0.25) is 5.13 Å². The third-order valence-electron chi connectivity index (χ3n) is 7.47. The lowest BCUT2D eigenvalue weighted by molar-refractivity contribution is 0.102. The maximum atomic E-state index is 13.7.